The summed E-state index contributed by atoms with van der Waals surface area (Å²) in [5, 5.41) is 5.90. The van der Waals surface area contributed by atoms with Crippen molar-refractivity contribution in [1.82, 2.24) is 14.8 Å². The standard InChI is InChI=1S/C26H30N4O4S2/c31-23-19-8-7-16(25(33)29-10-9-15-4-1-2-5-17(15)14-29)12-20(19)30-22(28-23)21(36-26(30)35)24(32)27-13-18-6-3-11-34-18/h1-2,4-5,16,18-20H,3,6-14H2,(H,27,32)(H,28,31). The highest BCUT2D eigenvalue weighted by molar-refractivity contribution is 7.73. The van der Waals surface area contributed by atoms with E-state index < -0.39 is 0 Å². The quantitative estimate of drug-likeness (QED) is 0.593. The number of benzene rings is 1. The van der Waals surface area contributed by atoms with Crippen LogP contribution in [-0.4, -0.2) is 53.0 Å². The fraction of sp³-hybridized carbons (Fsp3) is 0.538. The molecule has 8 nitrogen and oxygen atoms in total. The van der Waals surface area contributed by atoms with E-state index in [-0.39, 0.29) is 41.7 Å². The number of fused-ring (bicyclic) bond motifs is 4. The van der Waals surface area contributed by atoms with Gasteiger partial charge in [0.15, 0.2) is 3.95 Å². The summed E-state index contributed by atoms with van der Waals surface area (Å²) in [6.07, 6.45) is 4.72. The number of nitrogens with zero attached hydrogens (tertiary/aromatic N) is 2. The molecule has 4 unspecified atom stereocenters. The largest absolute Gasteiger partial charge is 0.376 e. The van der Waals surface area contributed by atoms with Gasteiger partial charge in [-0.3, -0.25) is 14.4 Å². The molecule has 4 heterocycles. The van der Waals surface area contributed by atoms with Crippen molar-refractivity contribution in [3.8, 4) is 0 Å². The molecule has 2 fully saturated rings. The first-order valence-corrected chi connectivity index (χ1v) is 14.0. The Morgan fingerprint density at radius 2 is 2.03 bits per heavy atom. The van der Waals surface area contributed by atoms with Crippen LogP contribution in [0.3, 0.4) is 0 Å². The van der Waals surface area contributed by atoms with Crippen LogP contribution in [0.5, 0.6) is 0 Å². The van der Waals surface area contributed by atoms with Crippen LogP contribution in [0.15, 0.2) is 24.3 Å². The molecule has 1 saturated carbocycles. The number of amides is 3. The van der Waals surface area contributed by atoms with Gasteiger partial charge < -0.3 is 24.8 Å². The Morgan fingerprint density at radius 1 is 1.19 bits per heavy atom. The van der Waals surface area contributed by atoms with E-state index in [9.17, 15) is 14.4 Å². The molecule has 2 N–H and O–H groups in total. The third-order valence-corrected chi connectivity index (χ3v) is 9.48. The van der Waals surface area contributed by atoms with Gasteiger partial charge in [-0.1, -0.05) is 35.6 Å². The van der Waals surface area contributed by atoms with Crippen molar-refractivity contribution in [2.75, 3.05) is 25.0 Å². The Morgan fingerprint density at radius 3 is 2.83 bits per heavy atom. The Balaban J connectivity index is 1.20. The summed E-state index contributed by atoms with van der Waals surface area (Å²) < 4.78 is 8.09. The van der Waals surface area contributed by atoms with Gasteiger partial charge in [0.2, 0.25) is 11.8 Å². The molecule has 3 aliphatic heterocycles. The molecule has 6 rings (SSSR count). The number of nitrogens with one attached hydrogen (secondary N) is 2. The Bertz CT molecular complexity index is 1260. The number of hydrogen-bond donors (Lipinski definition) is 2. The predicted molar refractivity (Wildman–Crippen MR) is 139 cm³/mol. The van der Waals surface area contributed by atoms with Gasteiger partial charge in [-0.25, -0.2) is 0 Å². The van der Waals surface area contributed by atoms with Gasteiger partial charge in [-0.05, 0) is 61.9 Å². The maximum Gasteiger partial charge on any atom is 0.265 e. The molecule has 1 aliphatic carbocycles. The van der Waals surface area contributed by atoms with Crippen LogP contribution in [0.2, 0.25) is 0 Å². The first-order valence-electron chi connectivity index (χ1n) is 12.8. The van der Waals surface area contributed by atoms with Gasteiger partial charge in [0.25, 0.3) is 5.91 Å². The number of hydrogen-bond acceptors (Lipinski definition) is 6. The zero-order valence-corrected chi connectivity index (χ0v) is 21.7. The second-order valence-corrected chi connectivity index (χ2v) is 11.9. The van der Waals surface area contributed by atoms with Crippen LogP contribution in [0.25, 0.3) is 0 Å². The molecule has 1 aromatic heterocycles. The number of anilines is 1. The fourth-order valence-electron chi connectivity index (χ4n) is 6.16. The van der Waals surface area contributed by atoms with Crippen LogP contribution in [0.4, 0.5) is 5.82 Å². The van der Waals surface area contributed by atoms with Crippen LogP contribution in [0.1, 0.15) is 58.9 Å². The van der Waals surface area contributed by atoms with E-state index in [2.05, 4.69) is 22.8 Å². The minimum absolute atomic E-state index is 0.0335. The lowest BCUT2D eigenvalue weighted by atomic mass is 9.76. The lowest BCUT2D eigenvalue weighted by Gasteiger charge is -2.41. The SMILES string of the molecule is O=C(NCC1CCCO1)c1sc(=S)n2c1NC(=O)C1CCC(C(=O)N3CCc4ccccc4C3)CC12. The van der Waals surface area contributed by atoms with Crippen molar-refractivity contribution in [1.29, 1.82) is 0 Å². The van der Waals surface area contributed by atoms with E-state index >= 15 is 0 Å². The molecular formula is C26H30N4O4S2. The monoisotopic (exact) mass is 526 g/mol. The topological polar surface area (TPSA) is 92.7 Å². The second kappa shape index (κ2) is 9.72. The average Bonchev–Trinajstić information content (AvgIpc) is 3.54. The summed E-state index contributed by atoms with van der Waals surface area (Å²) >= 11 is 6.90. The fourth-order valence-corrected chi connectivity index (χ4v) is 7.55. The number of carbonyl (C=O) groups is 3. The van der Waals surface area contributed by atoms with Gasteiger partial charge >= 0.3 is 0 Å². The first-order chi connectivity index (χ1) is 17.5. The van der Waals surface area contributed by atoms with Crippen LogP contribution in [0, 0.1) is 15.8 Å². The number of rotatable bonds is 4. The van der Waals surface area contributed by atoms with Gasteiger partial charge in [0.05, 0.1) is 12.0 Å². The lowest BCUT2D eigenvalue weighted by molar-refractivity contribution is -0.140. The first kappa shape index (κ1) is 23.8. The van der Waals surface area contributed by atoms with Crippen molar-refractivity contribution in [3.63, 3.8) is 0 Å². The van der Waals surface area contributed by atoms with Crippen molar-refractivity contribution in [2.45, 2.75) is 57.2 Å². The van der Waals surface area contributed by atoms with Gasteiger partial charge in [0.1, 0.15) is 10.7 Å². The highest BCUT2D eigenvalue weighted by Crippen LogP contribution is 2.45. The zero-order valence-electron chi connectivity index (χ0n) is 20.0. The average molecular weight is 527 g/mol. The van der Waals surface area contributed by atoms with E-state index in [1.54, 1.807) is 0 Å². The molecule has 0 bridgehead atoms. The van der Waals surface area contributed by atoms with Gasteiger partial charge in [0, 0.05) is 38.2 Å². The smallest absolute Gasteiger partial charge is 0.265 e. The summed E-state index contributed by atoms with van der Waals surface area (Å²) in [4.78, 5) is 42.0. The molecular weight excluding hydrogens is 496 g/mol. The number of thiazole rings is 1. The minimum Gasteiger partial charge on any atom is -0.376 e. The molecule has 10 heteroatoms. The zero-order chi connectivity index (χ0) is 24.8. The Kier molecular flexibility index (Phi) is 6.43. The van der Waals surface area contributed by atoms with Crippen molar-refractivity contribution < 1.29 is 19.1 Å². The maximum absolute atomic E-state index is 13.6. The van der Waals surface area contributed by atoms with Gasteiger partial charge in [-0.2, -0.15) is 0 Å². The third kappa shape index (κ3) is 4.29. The molecule has 1 saturated heterocycles. The van der Waals surface area contributed by atoms with Crippen LogP contribution < -0.4 is 10.6 Å². The molecule has 0 radical (unpaired) electrons. The van der Waals surface area contributed by atoms with Crippen LogP contribution in [-0.2, 0) is 27.3 Å². The van der Waals surface area contributed by atoms with E-state index in [0.29, 0.717) is 47.0 Å². The molecule has 2 aromatic rings. The number of ether oxygens (including phenoxy) is 1. The normalized spacial score (nSPS) is 27.0. The minimum atomic E-state index is -0.246. The molecule has 4 aliphatic rings. The number of carbonyl (C=O) groups excluding carboxylic acids is 3. The molecule has 1 aromatic carbocycles. The summed E-state index contributed by atoms with van der Waals surface area (Å²) in [6, 6.07) is 8.09. The van der Waals surface area contributed by atoms with Crippen molar-refractivity contribution >= 4 is 47.1 Å². The van der Waals surface area contributed by atoms with E-state index in [4.69, 9.17) is 17.0 Å². The molecule has 4 atom stereocenters. The Labute approximate surface area is 219 Å². The molecule has 36 heavy (non-hydrogen) atoms. The highest BCUT2D eigenvalue weighted by Gasteiger charge is 2.45. The number of aromatic nitrogens is 1. The second-order valence-electron chi connectivity index (χ2n) is 10.2. The summed E-state index contributed by atoms with van der Waals surface area (Å²) in [5.74, 6) is -0.0993. The van der Waals surface area contributed by atoms with Gasteiger partial charge in [-0.15, -0.1) is 0 Å². The van der Waals surface area contributed by atoms with E-state index in [0.717, 1.165) is 32.4 Å². The van der Waals surface area contributed by atoms with E-state index in [1.165, 1.54) is 22.5 Å². The summed E-state index contributed by atoms with van der Waals surface area (Å²) in [5.41, 5.74) is 2.53. The lowest BCUT2D eigenvalue weighted by Crippen LogP contribution is -2.46. The maximum atomic E-state index is 13.6. The van der Waals surface area contributed by atoms with Crippen LogP contribution >= 0.6 is 23.6 Å². The summed E-state index contributed by atoms with van der Waals surface area (Å²) in [7, 11) is 0. The van der Waals surface area contributed by atoms with Crippen molar-refractivity contribution in [2.24, 2.45) is 11.8 Å². The predicted octanol–water partition coefficient (Wildman–Crippen LogP) is 3.68. The van der Waals surface area contributed by atoms with E-state index in [1.807, 2.05) is 21.6 Å². The highest BCUT2D eigenvalue weighted by atomic mass is 32.1. The van der Waals surface area contributed by atoms with Crippen molar-refractivity contribution in [3.05, 3.63) is 44.2 Å². The molecule has 0 spiro atoms. The molecule has 190 valence electrons. The Hall–Kier alpha value is -2.56. The summed E-state index contributed by atoms with van der Waals surface area (Å²) in [6.45, 7) is 2.53. The molecule has 3 amide bonds. The third-order valence-electron chi connectivity index (χ3n) is 8.08.